The number of carbonyl (C=O) groups is 1. The van der Waals surface area contributed by atoms with Gasteiger partial charge in [0, 0.05) is 6.54 Å². The van der Waals surface area contributed by atoms with Gasteiger partial charge in [-0.15, -0.1) is 0 Å². The number of hydrogen-bond acceptors (Lipinski definition) is 4. The van der Waals surface area contributed by atoms with E-state index in [1.807, 2.05) is 0 Å². The Morgan fingerprint density at radius 2 is 1.60 bits per heavy atom. The highest BCUT2D eigenvalue weighted by molar-refractivity contribution is 7.89. The predicted octanol–water partition coefficient (Wildman–Crippen LogP) is 3.66. The zero-order valence-electron chi connectivity index (χ0n) is 16.3. The molecule has 0 heterocycles. The molecule has 0 saturated carbocycles. The molecule has 0 saturated heterocycles. The summed E-state index contributed by atoms with van der Waals surface area (Å²) in [6.45, 7) is -0.583. The van der Waals surface area contributed by atoms with E-state index in [1.165, 1.54) is 25.3 Å². The van der Waals surface area contributed by atoms with Gasteiger partial charge in [-0.3, -0.25) is 4.79 Å². The molecule has 30 heavy (non-hydrogen) atoms. The third-order valence-electron chi connectivity index (χ3n) is 4.36. The molecule has 0 fully saturated rings. The number of nitrogens with zero attached hydrogens (tertiary/aromatic N) is 1. The third kappa shape index (κ3) is 5.03. The monoisotopic (exact) mass is 428 g/mol. The van der Waals surface area contributed by atoms with E-state index in [1.54, 1.807) is 54.6 Å². The standard InChI is InChI=1S/C22H21FN2O4S/c1-29-20-13-7-6-12-19(20)24-22(26)16-25(15-17-9-3-2-4-10-17)30(27,28)21-14-8-5-11-18(21)23/h2-14H,15-16H2,1H3,(H,24,26). The van der Waals surface area contributed by atoms with E-state index in [9.17, 15) is 17.6 Å². The van der Waals surface area contributed by atoms with E-state index in [0.29, 0.717) is 17.0 Å². The first-order chi connectivity index (χ1) is 14.4. The van der Waals surface area contributed by atoms with Crippen LogP contribution in [0.5, 0.6) is 5.75 Å². The molecular weight excluding hydrogens is 407 g/mol. The molecule has 0 unspecified atom stereocenters. The Morgan fingerprint density at radius 3 is 2.30 bits per heavy atom. The molecule has 0 spiro atoms. The largest absolute Gasteiger partial charge is 0.495 e. The number of nitrogens with one attached hydrogen (secondary N) is 1. The second kappa shape index (κ2) is 9.51. The van der Waals surface area contributed by atoms with Crippen molar-refractivity contribution in [1.82, 2.24) is 4.31 Å². The third-order valence-corrected chi connectivity index (χ3v) is 6.18. The number of ether oxygens (including phenoxy) is 1. The van der Waals surface area contributed by atoms with Gasteiger partial charge in [-0.25, -0.2) is 12.8 Å². The Morgan fingerprint density at radius 1 is 0.967 bits per heavy atom. The summed E-state index contributed by atoms with van der Waals surface area (Å²) in [5, 5.41) is 2.65. The molecule has 6 nitrogen and oxygen atoms in total. The highest BCUT2D eigenvalue weighted by Gasteiger charge is 2.29. The van der Waals surface area contributed by atoms with Crippen LogP contribution >= 0.6 is 0 Å². The summed E-state index contributed by atoms with van der Waals surface area (Å²) in [7, 11) is -2.80. The van der Waals surface area contributed by atoms with Crippen LogP contribution in [0.15, 0.2) is 83.8 Å². The summed E-state index contributed by atoms with van der Waals surface area (Å²) in [5.41, 5.74) is 1.08. The summed E-state index contributed by atoms with van der Waals surface area (Å²) in [6, 6.07) is 20.7. The molecule has 0 radical (unpaired) electrons. The van der Waals surface area contributed by atoms with Gasteiger partial charge >= 0.3 is 0 Å². The van der Waals surface area contributed by atoms with Gasteiger partial charge in [0.15, 0.2) is 0 Å². The van der Waals surface area contributed by atoms with Crippen molar-refractivity contribution >= 4 is 21.6 Å². The first-order valence-electron chi connectivity index (χ1n) is 9.13. The van der Waals surface area contributed by atoms with Gasteiger partial charge in [0.2, 0.25) is 15.9 Å². The fraction of sp³-hybridized carbons (Fsp3) is 0.136. The summed E-state index contributed by atoms with van der Waals surface area (Å²) in [4.78, 5) is 12.2. The Balaban J connectivity index is 1.90. The highest BCUT2D eigenvalue weighted by atomic mass is 32.2. The van der Waals surface area contributed by atoms with Gasteiger partial charge in [0.1, 0.15) is 16.5 Å². The lowest BCUT2D eigenvalue weighted by molar-refractivity contribution is -0.116. The van der Waals surface area contributed by atoms with Crippen molar-refractivity contribution < 1.29 is 22.3 Å². The predicted molar refractivity (Wildman–Crippen MR) is 112 cm³/mol. The zero-order valence-corrected chi connectivity index (χ0v) is 17.1. The summed E-state index contributed by atoms with van der Waals surface area (Å²) in [6.07, 6.45) is 0. The molecule has 0 aromatic heterocycles. The van der Waals surface area contributed by atoms with Gasteiger partial charge < -0.3 is 10.1 Å². The number of methoxy groups -OCH3 is 1. The number of carbonyl (C=O) groups excluding carboxylic acids is 1. The van der Waals surface area contributed by atoms with Crippen LogP contribution in [0.4, 0.5) is 10.1 Å². The number of sulfonamides is 1. The smallest absolute Gasteiger partial charge is 0.246 e. The lowest BCUT2D eigenvalue weighted by Gasteiger charge is -2.22. The fourth-order valence-corrected chi connectivity index (χ4v) is 4.35. The Hall–Kier alpha value is -3.23. The van der Waals surface area contributed by atoms with E-state index in [2.05, 4.69) is 5.32 Å². The van der Waals surface area contributed by atoms with Gasteiger partial charge in [0.25, 0.3) is 0 Å². The van der Waals surface area contributed by atoms with Crippen molar-refractivity contribution in [3.05, 3.63) is 90.2 Å². The molecule has 0 aliphatic carbocycles. The molecule has 0 bridgehead atoms. The van der Waals surface area contributed by atoms with Crippen LogP contribution in [0, 0.1) is 5.82 Å². The Kier molecular flexibility index (Phi) is 6.81. The molecular formula is C22H21FN2O4S. The quantitative estimate of drug-likeness (QED) is 0.594. The number of benzene rings is 3. The van der Waals surface area contributed by atoms with Crippen LogP contribution in [0.25, 0.3) is 0 Å². The molecule has 8 heteroatoms. The second-order valence-electron chi connectivity index (χ2n) is 6.44. The molecule has 3 aromatic carbocycles. The van der Waals surface area contributed by atoms with E-state index in [-0.39, 0.29) is 6.54 Å². The number of para-hydroxylation sites is 2. The highest BCUT2D eigenvalue weighted by Crippen LogP contribution is 2.24. The molecule has 0 aliphatic rings. The average Bonchev–Trinajstić information content (AvgIpc) is 2.74. The normalized spacial score (nSPS) is 11.3. The number of rotatable bonds is 8. The topological polar surface area (TPSA) is 75.7 Å². The zero-order chi connectivity index (χ0) is 21.6. The van der Waals surface area contributed by atoms with Crippen LogP contribution in [0.1, 0.15) is 5.56 Å². The maximum Gasteiger partial charge on any atom is 0.246 e. The summed E-state index contributed by atoms with van der Waals surface area (Å²) in [5.74, 6) is -1.01. The molecule has 156 valence electrons. The number of hydrogen-bond donors (Lipinski definition) is 1. The van der Waals surface area contributed by atoms with Crippen molar-refractivity contribution in [2.24, 2.45) is 0 Å². The SMILES string of the molecule is COc1ccccc1NC(=O)CN(Cc1ccccc1)S(=O)(=O)c1ccccc1F. The van der Waals surface area contributed by atoms with Crippen LogP contribution in [0.3, 0.4) is 0 Å². The molecule has 0 aliphatic heterocycles. The summed E-state index contributed by atoms with van der Waals surface area (Å²) < 4.78 is 46.7. The van der Waals surface area contributed by atoms with Crippen LogP contribution in [0.2, 0.25) is 0 Å². The van der Waals surface area contributed by atoms with Crippen LogP contribution in [-0.4, -0.2) is 32.3 Å². The lowest BCUT2D eigenvalue weighted by atomic mass is 10.2. The Labute approximate surface area is 175 Å². The molecule has 3 aromatic rings. The minimum Gasteiger partial charge on any atom is -0.495 e. The lowest BCUT2D eigenvalue weighted by Crippen LogP contribution is -2.38. The minimum atomic E-state index is -4.27. The van der Waals surface area contributed by atoms with E-state index in [0.717, 1.165) is 10.4 Å². The Bertz CT molecular complexity index is 1120. The van der Waals surface area contributed by atoms with Gasteiger partial charge in [-0.1, -0.05) is 54.6 Å². The first-order valence-corrected chi connectivity index (χ1v) is 10.6. The van der Waals surface area contributed by atoms with Crippen molar-refractivity contribution in [3.63, 3.8) is 0 Å². The average molecular weight is 428 g/mol. The van der Waals surface area contributed by atoms with E-state index in [4.69, 9.17) is 4.74 Å². The number of anilines is 1. The number of halogens is 1. The summed E-state index contributed by atoms with van der Waals surface area (Å²) >= 11 is 0. The maximum atomic E-state index is 14.2. The van der Waals surface area contributed by atoms with Gasteiger partial charge in [0.05, 0.1) is 19.3 Å². The van der Waals surface area contributed by atoms with Gasteiger partial charge in [-0.2, -0.15) is 4.31 Å². The number of amides is 1. The molecule has 1 N–H and O–H groups in total. The van der Waals surface area contributed by atoms with Crippen LogP contribution in [-0.2, 0) is 21.4 Å². The van der Waals surface area contributed by atoms with Crippen molar-refractivity contribution in [2.45, 2.75) is 11.4 Å². The van der Waals surface area contributed by atoms with Crippen molar-refractivity contribution in [3.8, 4) is 5.75 Å². The maximum absolute atomic E-state index is 14.2. The van der Waals surface area contributed by atoms with Crippen molar-refractivity contribution in [1.29, 1.82) is 0 Å². The minimum absolute atomic E-state index is 0.0865. The van der Waals surface area contributed by atoms with E-state index >= 15 is 0 Å². The molecule has 0 atom stereocenters. The fourth-order valence-electron chi connectivity index (χ4n) is 2.90. The van der Waals surface area contributed by atoms with E-state index < -0.39 is 33.2 Å². The molecule has 1 amide bonds. The van der Waals surface area contributed by atoms with Gasteiger partial charge in [-0.05, 0) is 29.8 Å². The van der Waals surface area contributed by atoms with Crippen molar-refractivity contribution in [2.75, 3.05) is 19.0 Å². The first kappa shape index (κ1) is 21.5. The second-order valence-corrected chi connectivity index (χ2v) is 8.34. The van der Waals surface area contributed by atoms with Crippen LogP contribution < -0.4 is 10.1 Å². The molecule has 3 rings (SSSR count).